The monoisotopic (exact) mass is 219 g/mol. The Morgan fingerprint density at radius 3 is 3.00 bits per heavy atom. The minimum absolute atomic E-state index is 0.00846. The van der Waals surface area contributed by atoms with Crippen LogP contribution in [0, 0.1) is 6.92 Å². The average Bonchev–Trinajstić information content (AvgIpc) is 2.51. The molecule has 1 aromatic rings. The number of benzene rings is 1. The third kappa shape index (κ3) is 1.90. The fourth-order valence-electron chi connectivity index (χ4n) is 1.79. The second-order valence-corrected chi connectivity index (χ2v) is 3.86. The lowest BCUT2D eigenvalue weighted by Gasteiger charge is -2.09. The molecule has 0 saturated heterocycles. The first-order chi connectivity index (χ1) is 7.58. The van der Waals surface area contributed by atoms with E-state index in [0.717, 1.165) is 16.8 Å². The van der Waals surface area contributed by atoms with E-state index in [4.69, 9.17) is 5.73 Å². The summed E-state index contributed by atoms with van der Waals surface area (Å²) >= 11 is 0. The third-order valence-electron chi connectivity index (χ3n) is 2.52. The van der Waals surface area contributed by atoms with E-state index >= 15 is 0 Å². The first-order valence-corrected chi connectivity index (χ1v) is 5.01. The quantitative estimate of drug-likeness (QED) is 0.672. The highest BCUT2D eigenvalue weighted by Crippen LogP contribution is 2.31. The number of carbonyl (C=O) groups excluding carboxylic acids is 2. The van der Waals surface area contributed by atoms with Gasteiger partial charge < -0.3 is 11.1 Å². The van der Waals surface area contributed by atoms with Crippen LogP contribution in [0.5, 0.6) is 0 Å². The molecule has 0 radical (unpaired) electrons. The Hall–Kier alpha value is -1.88. The van der Waals surface area contributed by atoms with Gasteiger partial charge in [0.15, 0.2) is 0 Å². The van der Waals surface area contributed by atoms with Crippen LogP contribution in [0.3, 0.4) is 0 Å². The number of aryl methyl sites for hydroxylation is 1. The van der Waals surface area contributed by atoms with E-state index < -0.39 is 11.9 Å². The molecule has 2 rings (SSSR count). The molecule has 1 aliphatic heterocycles. The molecule has 1 aliphatic rings. The lowest BCUT2D eigenvalue weighted by atomic mass is 10.1. The van der Waals surface area contributed by atoms with Gasteiger partial charge in [0.25, 0.3) is 0 Å². The van der Waals surface area contributed by atoms with Crippen molar-refractivity contribution < 1.29 is 9.59 Å². The van der Waals surface area contributed by atoms with Crippen molar-refractivity contribution in [2.75, 3.05) is 11.9 Å². The Morgan fingerprint density at radius 2 is 2.31 bits per heavy atom. The first-order valence-electron chi connectivity index (χ1n) is 5.01. The topological polar surface area (TPSA) is 84.2 Å². The fourth-order valence-corrected chi connectivity index (χ4v) is 1.79. The maximum absolute atomic E-state index is 11.6. The third-order valence-corrected chi connectivity index (χ3v) is 2.52. The number of nitrogens with one attached hydrogen (secondary N) is 2. The van der Waals surface area contributed by atoms with Crippen molar-refractivity contribution in [3.63, 3.8) is 0 Å². The van der Waals surface area contributed by atoms with Gasteiger partial charge >= 0.3 is 0 Å². The van der Waals surface area contributed by atoms with Crippen LogP contribution in [0.1, 0.15) is 17.2 Å². The van der Waals surface area contributed by atoms with Crippen LogP contribution >= 0.6 is 0 Å². The molecule has 1 unspecified atom stereocenters. The Kier molecular flexibility index (Phi) is 2.62. The number of amides is 2. The van der Waals surface area contributed by atoms with Gasteiger partial charge in [0.05, 0.1) is 6.54 Å². The van der Waals surface area contributed by atoms with Crippen molar-refractivity contribution in [2.45, 2.75) is 13.0 Å². The van der Waals surface area contributed by atoms with Crippen molar-refractivity contribution in [2.24, 2.45) is 5.73 Å². The van der Waals surface area contributed by atoms with Crippen LogP contribution in [0.4, 0.5) is 5.69 Å². The molecule has 5 nitrogen and oxygen atoms in total. The second-order valence-electron chi connectivity index (χ2n) is 3.86. The molecule has 4 N–H and O–H groups in total. The van der Waals surface area contributed by atoms with Crippen LogP contribution < -0.4 is 16.4 Å². The van der Waals surface area contributed by atoms with Crippen LogP contribution in [-0.2, 0) is 9.59 Å². The Morgan fingerprint density at radius 1 is 1.56 bits per heavy atom. The Balaban J connectivity index is 2.24. The van der Waals surface area contributed by atoms with E-state index in [1.807, 2.05) is 25.1 Å². The van der Waals surface area contributed by atoms with E-state index in [0.29, 0.717) is 0 Å². The SMILES string of the molecule is Cc1ccc2c(c1)C(NCC(N)=O)C(=O)N2. The van der Waals surface area contributed by atoms with Crippen LogP contribution in [0.15, 0.2) is 18.2 Å². The minimum Gasteiger partial charge on any atom is -0.369 e. The number of hydrogen-bond donors (Lipinski definition) is 3. The van der Waals surface area contributed by atoms with E-state index in [2.05, 4.69) is 10.6 Å². The van der Waals surface area contributed by atoms with E-state index in [1.54, 1.807) is 0 Å². The van der Waals surface area contributed by atoms with Gasteiger partial charge in [-0.2, -0.15) is 0 Å². The molecule has 0 aromatic heterocycles. The predicted molar refractivity (Wildman–Crippen MR) is 59.7 cm³/mol. The van der Waals surface area contributed by atoms with Gasteiger partial charge in [0.2, 0.25) is 11.8 Å². The standard InChI is InChI=1S/C11H13N3O2/c1-6-2-3-8-7(4-6)10(11(16)14-8)13-5-9(12)15/h2-4,10,13H,5H2,1H3,(H2,12,15)(H,14,16). The van der Waals surface area contributed by atoms with Gasteiger partial charge in [-0.1, -0.05) is 17.7 Å². The van der Waals surface area contributed by atoms with Gasteiger partial charge in [0, 0.05) is 11.3 Å². The van der Waals surface area contributed by atoms with E-state index in [1.165, 1.54) is 0 Å². The van der Waals surface area contributed by atoms with Crippen LogP contribution in [0.25, 0.3) is 0 Å². The molecule has 1 aromatic carbocycles. The largest absolute Gasteiger partial charge is 0.369 e. The second kappa shape index (κ2) is 3.94. The molecule has 84 valence electrons. The summed E-state index contributed by atoms with van der Waals surface area (Å²) in [6.45, 7) is 1.94. The van der Waals surface area contributed by atoms with Gasteiger partial charge in [-0.25, -0.2) is 0 Å². The summed E-state index contributed by atoms with van der Waals surface area (Å²) in [4.78, 5) is 22.3. The Bertz CT molecular complexity index is 457. The summed E-state index contributed by atoms with van der Waals surface area (Å²) in [5, 5.41) is 5.57. The molecular formula is C11H13N3O2. The maximum atomic E-state index is 11.6. The van der Waals surface area contributed by atoms with Gasteiger partial charge in [-0.05, 0) is 13.0 Å². The number of hydrogen-bond acceptors (Lipinski definition) is 3. The van der Waals surface area contributed by atoms with Gasteiger partial charge in [-0.15, -0.1) is 0 Å². The summed E-state index contributed by atoms with van der Waals surface area (Å²) in [5.41, 5.74) is 7.76. The number of nitrogens with two attached hydrogens (primary N) is 1. The van der Waals surface area contributed by atoms with Gasteiger partial charge in [-0.3, -0.25) is 14.9 Å². The summed E-state index contributed by atoms with van der Waals surface area (Å²) in [7, 11) is 0. The molecule has 2 amide bonds. The zero-order valence-electron chi connectivity index (χ0n) is 8.91. The molecule has 0 bridgehead atoms. The zero-order chi connectivity index (χ0) is 11.7. The smallest absolute Gasteiger partial charge is 0.246 e. The average molecular weight is 219 g/mol. The molecule has 0 saturated carbocycles. The normalized spacial score (nSPS) is 18.1. The van der Waals surface area contributed by atoms with E-state index in [-0.39, 0.29) is 12.5 Å². The summed E-state index contributed by atoms with van der Waals surface area (Å²) in [6.07, 6.45) is 0. The number of carbonyl (C=O) groups is 2. The molecule has 16 heavy (non-hydrogen) atoms. The number of rotatable bonds is 3. The highest BCUT2D eigenvalue weighted by Gasteiger charge is 2.30. The lowest BCUT2D eigenvalue weighted by Crippen LogP contribution is -2.34. The molecule has 1 atom stereocenters. The number of anilines is 1. The predicted octanol–water partition coefficient (Wildman–Crippen LogP) is 0.0631. The van der Waals surface area contributed by atoms with Crippen molar-refractivity contribution >= 4 is 17.5 Å². The van der Waals surface area contributed by atoms with Gasteiger partial charge in [0.1, 0.15) is 6.04 Å². The highest BCUT2D eigenvalue weighted by molar-refractivity contribution is 6.02. The first kappa shape index (κ1) is 10.6. The summed E-state index contributed by atoms with van der Waals surface area (Å²) in [6, 6.07) is 5.22. The molecule has 5 heteroatoms. The van der Waals surface area contributed by atoms with Crippen LogP contribution in [-0.4, -0.2) is 18.4 Å². The molecule has 0 fully saturated rings. The maximum Gasteiger partial charge on any atom is 0.246 e. The summed E-state index contributed by atoms with van der Waals surface area (Å²) in [5.74, 6) is -0.629. The van der Waals surface area contributed by atoms with Crippen molar-refractivity contribution in [3.8, 4) is 0 Å². The minimum atomic E-state index is -0.484. The highest BCUT2D eigenvalue weighted by atomic mass is 16.2. The molecule has 1 heterocycles. The van der Waals surface area contributed by atoms with Crippen LogP contribution in [0.2, 0.25) is 0 Å². The van der Waals surface area contributed by atoms with E-state index in [9.17, 15) is 9.59 Å². The van der Waals surface area contributed by atoms with Crippen molar-refractivity contribution in [3.05, 3.63) is 29.3 Å². The molecule has 0 aliphatic carbocycles. The Labute approximate surface area is 93.0 Å². The number of primary amides is 1. The lowest BCUT2D eigenvalue weighted by molar-refractivity contribution is -0.119. The fraction of sp³-hybridized carbons (Fsp3) is 0.273. The van der Waals surface area contributed by atoms with Crippen molar-refractivity contribution in [1.82, 2.24) is 5.32 Å². The summed E-state index contributed by atoms with van der Waals surface area (Å²) < 4.78 is 0. The molecular weight excluding hydrogens is 206 g/mol. The number of fused-ring (bicyclic) bond motifs is 1. The van der Waals surface area contributed by atoms with Crippen molar-refractivity contribution in [1.29, 1.82) is 0 Å². The molecule has 0 spiro atoms. The zero-order valence-corrected chi connectivity index (χ0v) is 8.91.